The van der Waals surface area contributed by atoms with Crippen LogP contribution in [0.1, 0.15) is 29.9 Å². The van der Waals surface area contributed by atoms with Gasteiger partial charge in [0, 0.05) is 12.1 Å². The Kier molecular flexibility index (Phi) is 4.59. The molecule has 0 unspecified atom stereocenters. The van der Waals surface area contributed by atoms with Gasteiger partial charge in [-0.2, -0.15) is 0 Å². The second kappa shape index (κ2) is 6.02. The van der Waals surface area contributed by atoms with Gasteiger partial charge in [-0.25, -0.2) is 13.1 Å². The van der Waals surface area contributed by atoms with Crippen molar-refractivity contribution in [2.24, 2.45) is 5.92 Å². The molecule has 6 nitrogen and oxygen atoms in total. The minimum Gasteiger partial charge on any atom is -0.361 e. The Labute approximate surface area is 114 Å². The molecule has 0 amide bonds. The minimum absolute atomic E-state index is 0.206. The van der Waals surface area contributed by atoms with Crippen LogP contribution in [0.2, 0.25) is 0 Å². The zero-order valence-corrected chi connectivity index (χ0v) is 12.2. The van der Waals surface area contributed by atoms with Crippen LogP contribution in [0.5, 0.6) is 0 Å². The number of nitrogens with zero attached hydrogens (tertiary/aromatic N) is 1. The largest absolute Gasteiger partial charge is 0.361 e. The van der Waals surface area contributed by atoms with E-state index in [1.165, 1.54) is 0 Å². The molecule has 0 saturated carbocycles. The van der Waals surface area contributed by atoms with E-state index in [4.69, 9.17) is 4.52 Å². The van der Waals surface area contributed by atoms with E-state index in [-0.39, 0.29) is 18.2 Å². The topological polar surface area (TPSA) is 84.2 Å². The van der Waals surface area contributed by atoms with E-state index in [9.17, 15) is 8.42 Å². The lowest BCUT2D eigenvalue weighted by Crippen LogP contribution is -2.35. The third kappa shape index (κ3) is 4.02. The number of aromatic nitrogens is 1. The second-order valence-electron chi connectivity index (χ2n) is 5.10. The molecule has 7 heteroatoms. The number of hydrogen-bond donors (Lipinski definition) is 2. The summed E-state index contributed by atoms with van der Waals surface area (Å²) in [6.45, 7) is 5.67. The summed E-state index contributed by atoms with van der Waals surface area (Å²) in [7, 11) is -3.24. The van der Waals surface area contributed by atoms with Crippen molar-refractivity contribution in [1.29, 1.82) is 0 Å². The summed E-state index contributed by atoms with van der Waals surface area (Å²) in [6.07, 6.45) is 1.85. The van der Waals surface area contributed by atoms with Crippen LogP contribution in [0.15, 0.2) is 4.52 Å². The SMILES string of the molecule is Cc1noc(C)c1CNS(=O)(=O)CC1CCNCC1. The summed E-state index contributed by atoms with van der Waals surface area (Å²) in [5, 5.41) is 7.05. The first-order chi connectivity index (χ1) is 8.98. The first-order valence-corrected chi connectivity index (χ1v) is 8.23. The minimum atomic E-state index is -3.24. The summed E-state index contributed by atoms with van der Waals surface area (Å²) in [5.41, 5.74) is 1.57. The average molecular weight is 287 g/mol. The van der Waals surface area contributed by atoms with Gasteiger partial charge >= 0.3 is 0 Å². The number of hydrogen-bond acceptors (Lipinski definition) is 5. The van der Waals surface area contributed by atoms with E-state index < -0.39 is 10.0 Å². The first kappa shape index (κ1) is 14.5. The molecule has 0 spiro atoms. The van der Waals surface area contributed by atoms with Crippen molar-refractivity contribution in [2.75, 3.05) is 18.8 Å². The predicted molar refractivity (Wildman–Crippen MR) is 72.2 cm³/mol. The fourth-order valence-electron chi connectivity index (χ4n) is 2.35. The molecule has 0 aliphatic carbocycles. The quantitative estimate of drug-likeness (QED) is 0.833. The van der Waals surface area contributed by atoms with Gasteiger partial charge < -0.3 is 9.84 Å². The van der Waals surface area contributed by atoms with Crippen LogP contribution in [0.25, 0.3) is 0 Å². The molecule has 2 N–H and O–H groups in total. The highest BCUT2D eigenvalue weighted by Gasteiger charge is 2.21. The van der Waals surface area contributed by atoms with Gasteiger partial charge in [0.1, 0.15) is 5.76 Å². The summed E-state index contributed by atoms with van der Waals surface area (Å²) >= 11 is 0. The average Bonchev–Trinajstić information content (AvgIpc) is 2.67. The van der Waals surface area contributed by atoms with Crippen LogP contribution in [0.4, 0.5) is 0 Å². The molecule has 2 heterocycles. The predicted octanol–water partition coefficient (Wildman–Crippen LogP) is 0.710. The lowest BCUT2D eigenvalue weighted by Gasteiger charge is -2.22. The molecule has 0 aromatic carbocycles. The van der Waals surface area contributed by atoms with Gasteiger partial charge in [-0.05, 0) is 45.7 Å². The van der Waals surface area contributed by atoms with Crippen LogP contribution in [-0.4, -0.2) is 32.4 Å². The van der Waals surface area contributed by atoms with Crippen molar-refractivity contribution < 1.29 is 12.9 Å². The highest BCUT2D eigenvalue weighted by Crippen LogP contribution is 2.15. The molecule has 1 fully saturated rings. The Balaban J connectivity index is 1.90. The number of nitrogens with one attached hydrogen (secondary N) is 2. The number of rotatable bonds is 5. The van der Waals surface area contributed by atoms with Crippen LogP contribution < -0.4 is 10.0 Å². The lowest BCUT2D eigenvalue weighted by molar-refractivity contribution is 0.392. The van der Waals surface area contributed by atoms with E-state index in [1.807, 2.05) is 6.92 Å². The van der Waals surface area contributed by atoms with Crippen molar-refractivity contribution in [3.63, 3.8) is 0 Å². The molecule has 1 aliphatic heterocycles. The van der Waals surface area contributed by atoms with E-state index in [1.54, 1.807) is 6.92 Å². The second-order valence-corrected chi connectivity index (χ2v) is 6.95. The fraction of sp³-hybridized carbons (Fsp3) is 0.750. The molecular weight excluding hydrogens is 266 g/mol. The Morgan fingerprint density at radius 2 is 2.05 bits per heavy atom. The van der Waals surface area contributed by atoms with Crippen LogP contribution in [0.3, 0.4) is 0 Å². The molecule has 1 aromatic rings. The standard InChI is InChI=1S/C12H21N3O3S/c1-9-12(10(2)18-15-9)7-14-19(16,17)8-11-3-5-13-6-4-11/h11,13-14H,3-8H2,1-2H3. The smallest absolute Gasteiger partial charge is 0.212 e. The summed E-state index contributed by atoms with van der Waals surface area (Å²) in [4.78, 5) is 0. The van der Waals surface area contributed by atoms with Gasteiger partial charge in [-0.3, -0.25) is 0 Å². The highest BCUT2D eigenvalue weighted by atomic mass is 32.2. The third-order valence-corrected chi connectivity index (χ3v) is 5.06. The number of piperidine rings is 1. The maximum absolute atomic E-state index is 12.0. The molecule has 2 rings (SSSR count). The molecule has 0 bridgehead atoms. The molecule has 1 aliphatic rings. The molecule has 1 aromatic heterocycles. The van der Waals surface area contributed by atoms with Gasteiger partial charge in [-0.1, -0.05) is 5.16 Å². The fourth-order valence-corrected chi connectivity index (χ4v) is 3.79. The zero-order valence-electron chi connectivity index (χ0n) is 11.4. The molecule has 1 saturated heterocycles. The lowest BCUT2D eigenvalue weighted by atomic mass is 10.0. The van der Waals surface area contributed by atoms with Gasteiger partial charge in [0.25, 0.3) is 0 Å². The van der Waals surface area contributed by atoms with Crippen molar-refractivity contribution in [2.45, 2.75) is 33.2 Å². The van der Waals surface area contributed by atoms with Crippen LogP contribution in [0, 0.1) is 19.8 Å². The van der Waals surface area contributed by atoms with Gasteiger partial charge in [0.05, 0.1) is 11.4 Å². The summed E-state index contributed by atoms with van der Waals surface area (Å²) in [5.74, 6) is 1.13. The Morgan fingerprint density at radius 1 is 1.37 bits per heavy atom. The van der Waals surface area contributed by atoms with Crippen molar-refractivity contribution in [1.82, 2.24) is 15.2 Å². The van der Waals surface area contributed by atoms with Gasteiger partial charge in [0.2, 0.25) is 10.0 Å². The van der Waals surface area contributed by atoms with E-state index >= 15 is 0 Å². The highest BCUT2D eigenvalue weighted by molar-refractivity contribution is 7.89. The monoisotopic (exact) mass is 287 g/mol. The Morgan fingerprint density at radius 3 is 2.63 bits per heavy atom. The van der Waals surface area contributed by atoms with E-state index in [0.717, 1.165) is 37.2 Å². The molecule has 0 radical (unpaired) electrons. The van der Waals surface area contributed by atoms with Gasteiger partial charge in [-0.15, -0.1) is 0 Å². The van der Waals surface area contributed by atoms with Crippen molar-refractivity contribution in [3.8, 4) is 0 Å². The maximum atomic E-state index is 12.0. The molecule has 108 valence electrons. The summed E-state index contributed by atoms with van der Waals surface area (Å²) < 4.78 is 31.7. The normalized spacial score (nSPS) is 17.8. The van der Waals surface area contributed by atoms with Crippen molar-refractivity contribution >= 4 is 10.0 Å². The Bertz CT molecular complexity index is 499. The maximum Gasteiger partial charge on any atom is 0.212 e. The first-order valence-electron chi connectivity index (χ1n) is 6.58. The third-order valence-electron chi connectivity index (χ3n) is 3.56. The summed E-state index contributed by atoms with van der Waals surface area (Å²) in [6, 6.07) is 0. The molecule has 0 atom stereocenters. The zero-order chi connectivity index (χ0) is 13.9. The molecule has 19 heavy (non-hydrogen) atoms. The number of aryl methyl sites for hydroxylation is 2. The van der Waals surface area contributed by atoms with Crippen LogP contribution in [-0.2, 0) is 16.6 Å². The van der Waals surface area contributed by atoms with E-state index in [0.29, 0.717) is 5.76 Å². The van der Waals surface area contributed by atoms with E-state index in [2.05, 4.69) is 15.2 Å². The van der Waals surface area contributed by atoms with Crippen LogP contribution >= 0.6 is 0 Å². The molecular formula is C12H21N3O3S. The number of sulfonamides is 1. The Hall–Kier alpha value is -0.920. The van der Waals surface area contributed by atoms with Crippen molar-refractivity contribution in [3.05, 3.63) is 17.0 Å². The van der Waals surface area contributed by atoms with Gasteiger partial charge in [0.15, 0.2) is 0 Å².